The summed E-state index contributed by atoms with van der Waals surface area (Å²) in [7, 11) is 0. The zero-order chi connectivity index (χ0) is 14.2. The maximum atomic E-state index is 9.13. The molecule has 0 saturated carbocycles. The first-order valence-electron chi connectivity index (χ1n) is 6.49. The fourth-order valence-electron chi connectivity index (χ4n) is 2.44. The number of hydrogen-bond acceptors (Lipinski definition) is 5. The minimum Gasteiger partial charge on any atom is -0.486 e. The normalized spacial score (nSPS) is 13.1. The molecule has 0 bridgehead atoms. The zero-order valence-corrected chi connectivity index (χ0v) is 11.0. The molecule has 1 aromatic carbocycles. The highest BCUT2D eigenvalue weighted by Gasteiger charge is 2.16. The lowest BCUT2D eigenvalue weighted by molar-refractivity contribution is 0.172. The van der Waals surface area contributed by atoms with E-state index in [0.717, 1.165) is 16.5 Å². The SMILES string of the molecule is N#Cc1nccn1-c1nccc2cc3c(cc12)OCCO3. The fourth-order valence-corrected chi connectivity index (χ4v) is 2.44. The molecule has 102 valence electrons. The minimum absolute atomic E-state index is 0.296. The predicted molar refractivity (Wildman–Crippen MR) is 74.6 cm³/mol. The smallest absolute Gasteiger partial charge is 0.218 e. The number of nitrogens with zero attached hydrogens (tertiary/aromatic N) is 4. The summed E-state index contributed by atoms with van der Waals surface area (Å²) in [5.74, 6) is 2.38. The summed E-state index contributed by atoms with van der Waals surface area (Å²) in [4.78, 5) is 8.39. The number of pyridine rings is 1. The van der Waals surface area contributed by atoms with Crippen LogP contribution in [0, 0.1) is 11.3 Å². The van der Waals surface area contributed by atoms with Crippen molar-refractivity contribution >= 4 is 10.8 Å². The third-order valence-electron chi connectivity index (χ3n) is 3.38. The summed E-state index contributed by atoms with van der Waals surface area (Å²) in [6, 6.07) is 7.78. The van der Waals surface area contributed by atoms with Gasteiger partial charge in [0.15, 0.2) is 11.5 Å². The highest BCUT2D eigenvalue weighted by Crippen LogP contribution is 2.36. The topological polar surface area (TPSA) is 73.0 Å². The third kappa shape index (κ3) is 1.79. The standard InChI is InChI=1S/C15H10N4O2/c16-9-14-17-3-4-19(14)15-11-8-13-12(20-5-6-21-13)7-10(11)1-2-18-15/h1-4,7-8H,5-6H2. The highest BCUT2D eigenvalue weighted by molar-refractivity contribution is 5.91. The van der Waals surface area contributed by atoms with Crippen LogP contribution in [-0.2, 0) is 0 Å². The molecule has 0 spiro atoms. The van der Waals surface area contributed by atoms with Crippen LogP contribution < -0.4 is 9.47 Å². The average molecular weight is 278 g/mol. The van der Waals surface area contributed by atoms with Gasteiger partial charge in [-0.05, 0) is 23.6 Å². The van der Waals surface area contributed by atoms with Crippen molar-refractivity contribution < 1.29 is 9.47 Å². The predicted octanol–water partition coefficient (Wildman–Crippen LogP) is 2.06. The molecule has 2 aromatic heterocycles. The van der Waals surface area contributed by atoms with E-state index in [9.17, 15) is 0 Å². The van der Waals surface area contributed by atoms with Gasteiger partial charge in [-0.1, -0.05) is 0 Å². The van der Waals surface area contributed by atoms with Crippen LogP contribution in [0.15, 0.2) is 36.8 Å². The van der Waals surface area contributed by atoms with Gasteiger partial charge in [-0.2, -0.15) is 5.26 Å². The number of ether oxygens (including phenoxy) is 2. The Bertz CT molecular complexity index is 879. The van der Waals surface area contributed by atoms with Crippen LogP contribution in [-0.4, -0.2) is 27.7 Å². The Morgan fingerprint density at radius 2 is 1.90 bits per heavy atom. The van der Waals surface area contributed by atoms with Gasteiger partial charge >= 0.3 is 0 Å². The Morgan fingerprint density at radius 1 is 1.10 bits per heavy atom. The molecule has 0 atom stereocenters. The second-order valence-electron chi connectivity index (χ2n) is 4.58. The summed E-state index contributed by atoms with van der Waals surface area (Å²) >= 11 is 0. The van der Waals surface area contributed by atoms with Crippen LogP contribution >= 0.6 is 0 Å². The van der Waals surface area contributed by atoms with Gasteiger partial charge in [0.05, 0.1) is 0 Å². The lowest BCUT2D eigenvalue weighted by Crippen LogP contribution is -2.15. The van der Waals surface area contributed by atoms with Crippen LogP contribution in [0.4, 0.5) is 0 Å². The first-order chi connectivity index (χ1) is 10.4. The van der Waals surface area contributed by atoms with Gasteiger partial charge in [0, 0.05) is 24.0 Å². The van der Waals surface area contributed by atoms with E-state index in [2.05, 4.69) is 16.0 Å². The molecule has 6 nitrogen and oxygen atoms in total. The molecule has 0 saturated heterocycles. The van der Waals surface area contributed by atoms with Gasteiger partial charge in [-0.3, -0.25) is 4.57 Å². The first-order valence-corrected chi connectivity index (χ1v) is 6.49. The summed E-state index contributed by atoms with van der Waals surface area (Å²) in [5.41, 5.74) is 0. The van der Waals surface area contributed by atoms with Crippen molar-refractivity contribution in [3.05, 3.63) is 42.6 Å². The van der Waals surface area contributed by atoms with Crippen molar-refractivity contribution in [1.29, 1.82) is 5.26 Å². The van der Waals surface area contributed by atoms with Crippen LogP contribution in [0.25, 0.3) is 16.6 Å². The third-order valence-corrected chi connectivity index (χ3v) is 3.38. The molecule has 0 N–H and O–H groups in total. The van der Waals surface area contributed by atoms with Crippen LogP contribution in [0.1, 0.15) is 5.82 Å². The van der Waals surface area contributed by atoms with Gasteiger partial charge in [0.25, 0.3) is 0 Å². The van der Waals surface area contributed by atoms with Crippen LogP contribution in [0.5, 0.6) is 11.5 Å². The first kappa shape index (κ1) is 11.7. The van der Waals surface area contributed by atoms with Crippen LogP contribution in [0.3, 0.4) is 0 Å². The molecule has 3 aromatic rings. The van der Waals surface area contributed by atoms with Gasteiger partial charge in [0.1, 0.15) is 25.1 Å². The van der Waals surface area contributed by atoms with Crippen molar-refractivity contribution in [1.82, 2.24) is 14.5 Å². The number of benzene rings is 1. The zero-order valence-electron chi connectivity index (χ0n) is 11.0. The Balaban J connectivity index is 2.00. The Kier molecular flexibility index (Phi) is 2.51. The van der Waals surface area contributed by atoms with Gasteiger partial charge < -0.3 is 9.47 Å². The molecule has 6 heteroatoms. The highest BCUT2D eigenvalue weighted by atomic mass is 16.6. The average Bonchev–Trinajstić information content (AvgIpc) is 3.00. The van der Waals surface area contributed by atoms with E-state index in [-0.39, 0.29) is 0 Å². The molecule has 1 aliphatic rings. The van der Waals surface area contributed by atoms with Gasteiger partial charge in [-0.25, -0.2) is 9.97 Å². The molecule has 1 aliphatic heterocycles. The van der Waals surface area contributed by atoms with E-state index in [1.54, 1.807) is 23.2 Å². The Labute approximate surface area is 120 Å². The number of rotatable bonds is 1. The van der Waals surface area contributed by atoms with E-state index in [4.69, 9.17) is 14.7 Å². The lowest BCUT2D eigenvalue weighted by atomic mass is 10.1. The van der Waals surface area contributed by atoms with E-state index >= 15 is 0 Å². The number of imidazole rings is 1. The molecule has 0 aliphatic carbocycles. The van der Waals surface area contributed by atoms with Crippen molar-refractivity contribution in [3.63, 3.8) is 0 Å². The molecule has 0 amide bonds. The Hall–Kier alpha value is -3.07. The van der Waals surface area contributed by atoms with E-state index in [1.807, 2.05) is 18.2 Å². The van der Waals surface area contributed by atoms with Crippen LogP contribution in [0.2, 0.25) is 0 Å². The molecular formula is C15H10N4O2. The van der Waals surface area contributed by atoms with Gasteiger partial charge in [-0.15, -0.1) is 0 Å². The Morgan fingerprint density at radius 3 is 2.71 bits per heavy atom. The molecule has 0 fully saturated rings. The molecule has 4 rings (SSSR count). The number of aromatic nitrogens is 3. The van der Waals surface area contributed by atoms with E-state index in [0.29, 0.717) is 30.6 Å². The molecule has 0 unspecified atom stereocenters. The monoisotopic (exact) mass is 278 g/mol. The summed E-state index contributed by atoms with van der Waals surface area (Å²) in [5, 5.41) is 11.0. The number of hydrogen-bond donors (Lipinski definition) is 0. The largest absolute Gasteiger partial charge is 0.486 e. The number of nitriles is 1. The van der Waals surface area contributed by atoms with Crippen molar-refractivity contribution in [3.8, 4) is 23.4 Å². The fraction of sp³-hybridized carbons (Fsp3) is 0.133. The molecule has 21 heavy (non-hydrogen) atoms. The van der Waals surface area contributed by atoms with Crippen molar-refractivity contribution in [2.24, 2.45) is 0 Å². The molecule has 3 heterocycles. The molecule has 0 radical (unpaired) electrons. The maximum absolute atomic E-state index is 9.13. The second-order valence-corrected chi connectivity index (χ2v) is 4.58. The van der Waals surface area contributed by atoms with Crippen molar-refractivity contribution in [2.75, 3.05) is 13.2 Å². The lowest BCUT2D eigenvalue weighted by Gasteiger charge is -2.19. The maximum Gasteiger partial charge on any atom is 0.218 e. The minimum atomic E-state index is 0.296. The van der Waals surface area contributed by atoms with Crippen molar-refractivity contribution in [2.45, 2.75) is 0 Å². The van der Waals surface area contributed by atoms with E-state index < -0.39 is 0 Å². The quantitative estimate of drug-likeness (QED) is 0.681. The summed E-state index contributed by atoms with van der Waals surface area (Å²) < 4.78 is 12.9. The summed E-state index contributed by atoms with van der Waals surface area (Å²) in [6.07, 6.45) is 5.00. The van der Waals surface area contributed by atoms with Gasteiger partial charge in [0.2, 0.25) is 5.82 Å². The second kappa shape index (κ2) is 4.49. The number of fused-ring (bicyclic) bond motifs is 2. The van der Waals surface area contributed by atoms with E-state index in [1.165, 1.54) is 0 Å². The molecular weight excluding hydrogens is 268 g/mol. The summed E-state index contributed by atoms with van der Waals surface area (Å²) in [6.45, 7) is 1.08.